The van der Waals surface area contributed by atoms with E-state index in [4.69, 9.17) is 4.98 Å². The number of nitrogens with zero attached hydrogens (tertiary/aromatic N) is 1. The molecule has 1 aromatic heterocycles. The van der Waals surface area contributed by atoms with Crippen LogP contribution in [0.2, 0.25) is 0 Å². The van der Waals surface area contributed by atoms with Gasteiger partial charge in [-0.3, -0.25) is 4.98 Å². The fourth-order valence-electron chi connectivity index (χ4n) is 6.58. The summed E-state index contributed by atoms with van der Waals surface area (Å²) in [5, 5.41) is 13.8. The van der Waals surface area contributed by atoms with Crippen molar-refractivity contribution in [3.63, 3.8) is 0 Å². The molecule has 0 aliphatic heterocycles. The molecule has 2 nitrogen and oxygen atoms in total. The molecule has 8 rings (SSSR count). The Morgan fingerprint density at radius 1 is 0.488 bits per heavy atom. The molecule has 204 valence electrons. The van der Waals surface area contributed by atoms with Gasteiger partial charge in [-0.1, -0.05) is 133 Å². The minimum atomic E-state index is -0.199. The Hall–Kier alpha value is -5.47. The zero-order valence-corrected chi connectivity index (χ0v) is 24.0. The average Bonchev–Trinajstić information content (AvgIpc) is 3.07. The minimum Gasteiger partial charge on any atom is -0.372 e. The normalized spacial score (nSPS) is 12.2. The fraction of sp³-hybridized carbons (Fsp3) is 0.0488. The molecule has 1 N–H and O–H groups in total. The van der Waals surface area contributed by atoms with Crippen LogP contribution in [0.25, 0.3) is 54.3 Å². The molecule has 0 amide bonds. The fourth-order valence-corrected chi connectivity index (χ4v) is 6.58. The number of aryl methyl sites for hydroxylation is 1. The van der Waals surface area contributed by atoms with Gasteiger partial charge in [-0.05, 0) is 74.0 Å². The quantitative estimate of drug-likeness (QED) is 0.216. The average molecular weight is 551 g/mol. The number of nitrogens with one attached hydrogen (secondary N) is 1. The summed E-state index contributed by atoms with van der Waals surface area (Å²) < 4.78 is 0. The van der Waals surface area contributed by atoms with Crippen LogP contribution in [0.4, 0.5) is 5.69 Å². The van der Waals surface area contributed by atoms with Crippen molar-refractivity contribution in [2.24, 2.45) is 0 Å². The van der Waals surface area contributed by atoms with Gasteiger partial charge in [0, 0.05) is 16.6 Å². The van der Waals surface area contributed by atoms with Crippen LogP contribution >= 0.6 is 0 Å². The van der Waals surface area contributed by atoms with Crippen molar-refractivity contribution in [2.45, 2.75) is 13.0 Å². The van der Waals surface area contributed by atoms with Gasteiger partial charge in [-0.15, -0.1) is 0 Å². The predicted octanol–water partition coefficient (Wildman–Crippen LogP) is 10.9. The van der Waals surface area contributed by atoms with E-state index in [1.807, 2.05) is 0 Å². The number of rotatable bonds is 5. The van der Waals surface area contributed by atoms with Crippen LogP contribution in [0.5, 0.6) is 0 Å². The van der Waals surface area contributed by atoms with Gasteiger partial charge in [0.15, 0.2) is 0 Å². The van der Waals surface area contributed by atoms with E-state index in [2.05, 4.69) is 164 Å². The van der Waals surface area contributed by atoms with Crippen molar-refractivity contribution in [1.82, 2.24) is 4.98 Å². The molecule has 0 aliphatic rings. The van der Waals surface area contributed by atoms with E-state index in [9.17, 15) is 0 Å². The van der Waals surface area contributed by atoms with Crippen molar-refractivity contribution in [2.75, 3.05) is 5.32 Å². The molecule has 0 saturated heterocycles. The molecule has 0 spiro atoms. The lowest BCUT2D eigenvalue weighted by Gasteiger charge is -2.26. The molecule has 2 heteroatoms. The number of fused-ring (bicyclic) bond motifs is 4. The Kier molecular flexibility index (Phi) is 6.12. The Labute approximate surface area is 251 Å². The third-order valence-corrected chi connectivity index (χ3v) is 8.66. The molecule has 0 bridgehead atoms. The number of aromatic nitrogens is 1. The summed E-state index contributed by atoms with van der Waals surface area (Å²) in [6.45, 7) is 2.19. The lowest BCUT2D eigenvalue weighted by atomic mass is 9.89. The number of anilines is 1. The number of hydrogen-bond acceptors (Lipinski definition) is 2. The largest absolute Gasteiger partial charge is 0.372 e. The first kappa shape index (κ1) is 25.3. The van der Waals surface area contributed by atoms with Crippen LogP contribution < -0.4 is 5.32 Å². The van der Waals surface area contributed by atoms with Crippen LogP contribution in [0.15, 0.2) is 152 Å². The van der Waals surface area contributed by atoms with Gasteiger partial charge in [-0.25, -0.2) is 0 Å². The number of hydrogen-bond donors (Lipinski definition) is 1. The molecule has 0 saturated carbocycles. The van der Waals surface area contributed by atoms with E-state index in [1.165, 1.54) is 54.2 Å². The van der Waals surface area contributed by atoms with Crippen molar-refractivity contribution in [3.8, 4) is 11.3 Å². The second-order valence-corrected chi connectivity index (χ2v) is 11.3. The van der Waals surface area contributed by atoms with E-state index in [0.717, 1.165) is 22.6 Å². The first-order valence-electron chi connectivity index (χ1n) is 14.8. The highest BCUT2D eigenvalue weighted by molar-refractivity contribution is 6.04. The van der Waals surface area contributed by atoms with E-state index in [-0.39, 0.29) is 6.04 Å². The van der Waals surface area contributed by atoms with Gasteiger partial charge in [0.2, 0.25) is 0 Å². The van der Waals surface area contributed by atoms with Crippen molar-refractivity contribution < 1.29 is 0 Å². The van der Waals surface area contributed by atoms with Crippen LogP contribution in [0, 0.1) is 6.92 Å². The van der Waals surface area contributed by atoms with Crippen molar-refractivity contribution in [3.05, 3.63) is 168 Å². The van der Waals surface area contributed by atoms with Gasteiger partial charge >= 0.3 is 0 Å². The first-order chi connectivity index (χ1) is 21.2. The Bertz CT molecular complexity index is 2240. The highest BCUT2D eigenvalue weighted by Gasteiger charge is 2.23. The summed E-state index contributed by atoms with van der Waals surface area (Å²) in [4.78, 5) is 5.43. The van der Waals surface area contributed by atoms with E-state index >= 15 is 0 Å². The molecular weight excluding hydrogens is 520 g/mol. The molecule has 1 unspecified atom stereocenters. The summed E-state index contributed by atoms with van der Waals surface area (Å²) >= 11 is 0. The van der Waals surface area contributed by atoms with Crippen LogP contribution in [0.1, 0.15) is 22.9 Å². The summed E-state index contributed by atoms with van der Waals surface area (Å²) in [5.41, 5.74) is 6.68. The smallest absolute Gasteiger partial charge is 0.0952 e. The predicted molar refractivity (Wildman–Crippen MR) is 183 cm³/mol. The maximum absolute atomic E-state index is 5.43. The summed E-state index contributed by atoms with van der Waals surface area (Å²) in [7, 11) is 0. The zero-order valence-electron chi connectivity index (χ0n) is 24.0. The number of pyridine rings is 1. The van der Waals surface area contributed by atoms with Gasteiger partial charge in [0.05, 0.1) is 17.4 Å². The third kappa shape index (κ3) is 4.40. The summed E-state index contributed by atoms with van der Waals surface area (Å²) in [6.07, 6.45) is 0. The molecule has 7 aromatic carbocycles. The zero-order chi connectivity index (χ0) is 28.8. The monoisotopic (exact) mass is 550 g/mol. The van der Waals surface area contributed by atoms with Gasteiger partial charge in [-0.2, -0.15) is 0 Å². The summed E-state index contributed by atoms with van der Waals surface area (Å²) in [6, 6.07) is 54.0. The van der Waals surface area contributed by atoms with Crippen molar-refractivity contribution >= 4 is 48.8 Å². The maximum atomic E-state index is 5.43. The lowest BCUT2D eigenvalue weighted by molar-refractivity contribution is 0.905. The van der Waals surface area contributed by atoms with E-state index in [0.29, 0.717) is 0 Å². The third-order valence-electron chi connectivity index (χ3n) is 8.66. The van der Waals surface area contributed by atoms with Gasteiger partial charge < -0.3 is 5.32 Å². The molecule has 0 radical (unpaired) electrons. The van der Waals surface area contributed by atoms with Crippen LogP contribution in [-0.4, -0.2) is 4.98 Å². The van der Waals surface area contributed by atoms with E-state index in [1.54, 1.807) is 0 Å². The van der Waals surface area contributed by atoms with Gasteiger partial charge in [0.1, 0.15) is 0 Å². The molecule has 8 aromatic rings. The standard InChI is InChI=1S/C41H30N2/c1-27-24-25-29-13-3-9-20-35(29)40(27)43-41(39-33-18-7-4-14-30(33)26-31-15-5-8-19-34(31)39)38-23-11-22-37(42-38)36-21-10-16-28-12-2-6-17-32(28)36/h2-26,41,43H,1H3. The molecule has 0 fully saturated rings. The highest BCUT2D eigenvalue weighted by atomic mass is 15.0. The second-order valence-electron chi connectivity index (χ2n) is 11.3. The van der Waals surface area contributed by atoms with Crippen molar-refractivity contribution in [1.29, 1.82) is 0 Å². The molecule has 1 heterocycles. The Morgan fingerprint density at radius 2 is 1.05 bits per heavy atom. The SMILES string of the molecule is Cc1ccc2ccccc2c1NC(c1cccc(-c2cccc3ccccc23)n1)c1c2ccccc2cc2ccccc12. The first-order valence-corrected chi connectivity index (χ1v) is 14.8. The molecule has 43 heavy (non-hydrogen) atoms. The molecule has 1 atom stereocenters. The van der Waals surface area contributed by atoms with Crippen LogP contribution in [0.3, 0.4) is 0 Å². The molecule has 0 aliphatic carbocycles. The summed E-state index contributed by atoms with van der Waals surface area (Å²) in [5.74, 6) is 0. The lowest BCUT2D eigenvalue weighted by Crippen LogP contribution is -2.16. The Morgan fingerprint density at radius 3 is 1.77 bits per heavy atom. The number of benzene rings is 7. The maximum Gasteiger partial charge on any atom is 0.0952 e. The highest BCUT2D eigenvalue weighted by Crippen LogP contribution is 2.40. The van der Waals surface area contributed by atoms with Crippen LogP contribution in [-0.2, 0) is 0 Å². The van der Waals surface area contributed by atoms with E-state index < -0.39 is 0 Å². The topological polar surface area (TPSA) is 24.9 Å². The Balaban J connectivity index is 1.41. The second kappa shape index (κ2) is 10.4. The van der Waals surface area contributed by atoms with Gasteiger partial charge in [0.25, 0.3) is 0 Å². The molecular formula is C41H30N2. The minimum absolute atomic E-state index is 0.199.